The van der Waals surface area contributed by atoms with E-state index in [0.29, 0.717) is 12.3 Å². The fourth-order valence-electron chi connectivity index (χ4n) is 1.04. The molecule has 1 aliphatic rings. The normalized spacial score (nSPS) is 23.3. The van der Waals surface area contributed by atoms with E-state index in [1.165, 1.54) is 0 Å². The van der Waals surface area contributed by atoms with Crippen LogP contribution in [0.4, 0.5) is 4.39 Å². The van der Waals surface area contributed by atoms with Crippen molar-refractivity contribution in [3.63, 3.8) is 0 Å². The second kappa shape index (κ2) is 3.16. The van der Waals surface area contributed by atoms with Gasteiger partial charge in [-0.2, -0.15) is 0 Å². The lowest BCUT2D eigenvalue weighted by Crippen LogP contribution is -2.43. The summed E-state index contributed by atoms with van der Waals surface area (Å²) in [5, 5.41) is 3.12. The molecule has 2 heteroatoms. The van der Waals surface area contributed by atoms with Crippen LogP contribution in [0.25, 0.3) is 0 Å². The maximum atomic E-state index is 12.6. The van der Waals surface area contributed by atoms with E-state index in [0.717, 1.165) is 19.5 Å². The van der Waals surface area contributed by atoms with Crippen LogP contribution < -0.4 is 5.32 Å². The minimum atomic E-state index is -0.558. The number of halogens is 1. The molecule has 0 spiro atoms. The Labute approximate surface area is 55.6 Å². The van der Waals surface area contributed by atoms with Gasteiger partial charge >= 0.3 is 0 Å². The van der Waals surface area contributed by atoms with Gasteiger partial charge in [0.25, 0.3) is 0 Å². The molecular formula is C7H14FN. The molecular weight excluding hydrogens is 117 g/mol. The van der Waals surface area contributed by atoms with Crippen molar-refractivity contribution in [2.45, 2.75) is 25.9 Å². The first-order valence-electron chi connectivity index (χ1n) is 3.67. The topological polar surface area (TPSA) is 12.0 Å². The van der Waals surface area contributed by atoms with Crippen molar-refractivity contribution in [1.82, 2.24) is 5.32 Å². The molecule has 0 aliphatic carbocycles. The summed E-state index contributed by atoms with van der Waals surface area (Å²) in [6.45, 7) is 3.96. The molecule has 0 aromatic carbocycles. The van der Waals surface area contributed by atoms with Gasteiger partial charge in [0.1, 0.15) is 6.17 Å². The second-order valence-corrected chi connectivity index (χ2v) is 2.77. The monoisotopic (exact) mass is 131 g/mol. The molecule has 1 rings (SSSR count). The maximum Gasteiger partial charge on any atom is 0.100 e. The minimum absolute atomic E-state index is 0.558. The summed E-state index contributed by atoms with van der Waals surface area (Å²) < 4.78 is 12.6. The van der Waals surface area contributed by atoms with E-state index in [9.17, 15) is 4.39 Å². The molecule has 1 heterocycles. The number of hydrogen-bond donors (Lipinski definition) is 1. The first kappa shape index (κ1) is 7.00. The molecule has 0 saturated carbocycles. The Kier molecular flexibility index (Phi) is 2.46. The molecule has 0 bridgehead atoms. The van der Waals surface area contributed by atoms with Gasteiger partial charge in [-0.25, -0.2) is 4.39 Å². The van der Waals surface area contributed by atoms with Crippen LogP contribution in [0.2, 0.25) is 0 Å². The van der Waals surface area contributed by atoms with E-state index in [2.05, 4.69) is 5.32 Å². The van der Waals surface area contributed by atoms with Crippen molar-refractivity contribution in [2.75, 3.05) is 13.1 Å². The third-order valence-electron chi connectivity index (χ3n) is 1.90. The fraction of sp³-hybridized carbons (Fsp3) is 1.00. The van der Waals surface area contributed by atoms with Crippen LogP contribution in [0.1, 0.15) is 19.8 Å². The van der Waals surface area contributed by atoms with Crippen molar-refractivity contribution in [3.05, 3.63) is 0 Å². The van der Waals surface area contributed by atoms with Gasteiger partial charge in [0, 0.05) is 0 Å². The van der Waals surface area contributed by atoms with Crippen LogP contribution in [0.5, 0.6) is 0 Å². The standard InChI is InChI=1S/C7H14FN/c1-2-7(8)3-6-4-9-5-6/h6-7,9H,2-5H2,1H3. The fourth-order valence-corrected chi connectivity index (χ4v) is 1.04. The van der Waals surface area contributed by atoms with E-state index in [1.807, 2.05) is 6.92 Å². The zero-order valence-electron chi connectivity index (χ0n) is 5.86. The van der Waals surface area contributed by atoms with E-state index in [1.54, 1.807) is 0 Å². The van der Waals surface area contributed by atoms with Crippen LogP contribution in [-0.4, -0.2) is 19.3 Å². The molecule has 0 aromatic rings. The van der Waals surface area contributed by atoms with Crippen LogP contribution in [0.15, 0.2) is 0 Å². The Morgan fingerprint density at radius 2 is 2.33 bits per heavy atom. The van der Waals surface area contributed by atoms with Crippen molar-refractivity contribution in [2.24, 2.45) is 5.92 Å². The Morgan fingerprint density at radius 3 is 2.67 bits per heavy atom. The summed E-state index contributed by atoms with van der Waals surface area (Å²) in [4.78, 5) is 0. The van der Waals surface area contributed by atoms with E-state index in [-0.39, 0.29) is 0 Å². The lowest BCUT2D eigenvalue weighted by molar-refractivity contribution is 0.217. The van der Waals surface area contributed by atoms with E-state index < -0.39 is 6.17 Å². The quantitative estimate of drug-likeness (QED) is 0.609. The Balaban J connectivity index is 2.01. The molecule has 1 aliphatic heterocycles. The van der Waals surface area contributed by atoms with Crippen molar-refractivity contribution >= 4 is 0 Å². The molecule has 1 atom stereocenters. The molecule has 1 unspecified atom stereocenters. The zero-order valence-corrected chi connectivity index (χ0v) is 5.86. The smallest absolute Gasteiger partial charge is 0.100 e. The highest BCUT2D eigenvalue weighted by atomic mass is 19.1. The largest absolute Gasteiger partial charge is 0.316 e. The SMILES string of the molecule is CCC(F)CC1CNC1. The van der Waals surface area contributed by atoms with Crippen molar-refractivity contribution in [3.8, 4) is 0 Å². The van der Waals surface area contributed by atoms with Gasteiger partial charge in [-0.3, -0.25) is 0 Å². The zero-order chi connectivity index (χ0) is 6.69. The van der Waals surface area contributed by atoms with Gasteiger partial charge in [0.2, 0.25) is 0 Å². The van der Waals surface area contributed by atoms with Crippen LogP contribution in [-0.2, 0) is 0 Å². The van der Waals surface area contributed by atoms with Crippen molar-refractivity contribution < 1.29 is 4.39 Å². The highest BCUT2D eigenvalue weighted by molar-refractivity contribution is 4.76. The summed E-state index contributed by atoms with van der Waals surface area (Å²) in [6.07, 6.45) is 0.886. The first-order chi connectivity index (χ1) is 4.33. The second-order valence-electron chi connectivity index (χ2n) is 2.77. The minimum Gasteiger partial charge on any atom is -0.316 e. The van der Waals surface area contributed by atoms with E-state index >= 15 is 0 Å². The summed E-state index contributed by atoms with van der Waals surface area (Å²) in [7, 11) is 0. The third-order valence-corrected chi connectivity index (χ3v) is 1.90. The summed E-state index contributed by atoms with van der Waals surface area (Å²) in [6, 6.07) is 0. The van der Waals surface area contributed by atoms with Crippen LogP contribution in [0, 0.1) is 5.92 Å². The maximum absolute atomic E-state index is 12.6. The predicted molar refractivity (Wildman–Crippen MR) is 36.2 cm³/mol. The Hall–Kier alpha value is -0.110. The summed E-state index contributed by atoms with van der Waals surface area (Å²) in [5.41, 5.74) is 0. The van der Waals surface area contributed by atoms with E-state index in [4.69, 9.17) is 0 Å². The van der Waals surface area contributed by atoms with Crippen LogP contribution >= 0.6 is 0 Å². The van der Waals surface area contributed by atoms with Gasteiger partial charge in [-0.15, -0.1) is 0 Å². The van der Waals surface area contributed by atoms with Crippen LogP contribution in [0.3, 0.4) is 0 Å². The van der Waals surface area contributed by atoms with Gasteiger partial charge in [-0.05, 0) is 31.8 Å². The molecule has 0 radical (unpaired) electrons. The number of alkyl halides is 1. The van der Waals surface area contributed by atoms with Gasteiger partial charge < -0.3 is 5.32 Å². The first-order valence-corrected chi connectivity index (χ1v) is 3.67. The third kappa shape index (κ3) is 1.94. The van der Waals surface area contributed by atoms with Gasteiger partial charge in [-0.1, -0.05) is 6.92 Å². The summed E-state index contributed by atoms with van der Waals surface area (Å²) in [5.74, 6) is 0.625. The average molecular weight is 131 g/mol. The molecule has 9 heavy (non-hydrogen) atoms. The molecule has 1 N–H and O–H groups in total. The Morgan fingerprint density at radius 1 is 1.67 bits per heavy atom. The number of hydrogen-bond acceptors (Lipinski definition) is 1. The van der Waals surface area contributed by atoms with Crippen molar-refractivity contribution in [1.29, 1.82) is 0 Å². The highest BCUT2D eigenvalue weighted by Crippen LogP contribution is 2.15. The predicted octanol–water partition coefficient (Wildman–Crippen LogP) is 1.34. The molecule has 0 amide bonds. The average Bonchev–Trinajstić information content (AvgIpc) is 1.78. The van der Waals surface area contributed by atoms with Gasteiger partial charge in [0.15, 0.2) is 0 Å². The lowest BCUT2D eigenvalue weighted by Gasteiger charge is -2.27. The molecule has 1 fully saturated rings. The Bertz CT molecular complexity index is 78.2. The molecule has 0 aromatic heterocycles. The van der Waals surface area contributed by atoms with Gasteiger partial charge in [0.05, 0.1) is 0 Å². The molecule has 54 valence electrons. The molecule has 1 nitrogen and oxygen atoms in total. The summed E-state index contributed by atoms with van der Waals surface area (Å²) >= 11 is 0. The molecule has 1 saturated heterocycles. The number of rotatable bonds is 3. The highest BCUT2D eigenvalue weighted by Gasteiger charge is 2.19. The lowest BCUT2D eigenvalue weighted by atomic mass is 9.96. The number of nitrogens with one attached hydrogen (secondary N) is 1.